The molecule has 4 rings (SSSR count). The van der Waals surface area contributed by atoms with E-state index in [4.69, 9.17) is 14.2 Å². The molecule has 10 nitrogen and oxygen atoms in total. The molecule has 168 valence electrons. The largest absolute Gasteiger partial charge is 0.486 e. The molecule has 2 unspecified atom stereocenters. The van der Waals surface area contributed by atoms with Crippen LogP contribution in [0.4, 0.5) is 5.69 Å². The highest BCUT2D eigenvalue weighted by Gasteiger charge is 2.31. The van der Waals surface area contributed by atoms with Gasteiger partial charge in [-0.1, -0.05) is 12.1 Å². The second-order valence-corrected chi connectivity index (χ2v) is 8.83. The predicted octanol–water partition coefficient (Wildman–Crippen LogP) is 1.46. The normalized spacial score (nSPS) is 18.8. The minimum atomic E-state index is -3.72. The minimum Gasteiger partial charge on any atom is -0.486 e. The number of rotatable bonds is 5. The van der Waals surface area contributed by atoms with Gasteiger partial charge in [-0.2, -0.15) is 0 Å². The predicted molar refractivity (Wildman–Crippen MR) is 114 cm³/mol. The van der Waals surface area contributed by atoms with Crippen molar-refractivity contribution in [2.24, 2.45) is 4.99 Å². The summed E-state index contributed by atoms with van der Waals surface area (Å²) in [5.74, 6) is -0.153. The standard InChI is InChI=1S/C21H21N3O7S/c1-12(22-19-15-5-3-4-6-18(15)32(27,28)24-19)21(26)31-13(2)20(25)23-14-7-8-16-17(11-14)30-10-9-29-16/h3-8,11-13H,9-10H2,1-2H3,(H,22,24)(H,23,25). The molecule has 11 heteroatoms. The Morgan fingerprint density at radius 3 is 2.59 bits per heavy atom. The van der Waals surface area contributed by atoms with Crippen LogP contribution in [0.25, 0.3) is 0 Å². The highest BCUT2D eigenvalue weighted by atomic mass is 32.2. The molecular formula is C21H21N3O7S. The first kappa shape index (κ1) is 21.6. The number of ether oxygens (including phenoxy) is 3. The molecule has 0 fully saturated rings. The van der Waals surface area contributed by atoms with E-state index in [-0.39, 0.29) is 10.7 Å². The van der Waals surface area contributed by atoms with Crippen LogP contribution in [0.3, 0.4) is 0 Å². The second kappa shape index (κ2) is 8.50. The van der Waals surface area contributed by atoms with Crippen LogP contribution in [-0.4, -0.2) is 51.5 Å². The number of hydrogen-bond acceptors (Lipinski definition) is 8. The van der Waals surface area contributed by atoms with Gasteiger partial charge in [-0.05, 0) is 38.1 Å². The number of fused-ring (bicyclic) bond motifs is 2. The zero-order valence-corrected chi connectivity index (χ0v) is 18.1. The molecule has 2 aliphatic rings. The summed E-state index contributed by atoms with van der Waals surface area (Å²) in [5, 5.41) is 2.65. The molecule has 0 spiro atoms. The lowest BCUT2D eigenvalue weighted by Gasteiger charge is -2.19. The Hall–Kier alpha value is -3.60. The monoisotopic (exact) mass is 459 g/mol. The second-order valence-electron chi connectivity index (χ2n) is 7.18. The number of sulfonamides is 1. The molecule has 0 aliphatic carbocycles. The molecule has 0 saturated heterocycles. The van der Waals surface area contributed by atoms with Gasteiger partial charge in [0.1, 0.15) is 25.1 Å². The molecule has 2 aromatic carbocycles. The maximum atomic E-state index is 12.4. The smallest absolute Gasteiger partial charge is 0.331 e. The fraction of sp³-hybridized carbons (Fsp3) is 0.286. The number of nitrogens with one attached hydrogen (secondary N) is 2. The molecule has 2 aliphatic heterocycles. The van der Waals surface area contributed by atoms with E-state index in [2.05, 4.69) is 15.0 Å². The molecule has 2 aromatic rings. The number of amides is 1. The van der Waals surface area contributed by atoms with E-state index < -0.39 is 34.0 Å². The van der Waals surface area contributed by atoms with Crippen LogP contribution in [-0.2, 0) is 24.3 Å². The van der Waals surface area contributed by atoms with Crippen molar-refractivity contribution in [2.75, 3.05) is 18.5 Å². The van der Waals surface area contributed by atoms with Crippen molar-refractivity contribution in [3.63, 3.8) is 0 Å². The van der Waals surface area contributed by atoms with Gasteiger partial charge in [-0.15, -0.1) is 0 Å². The summed E-state index contributed by atoms with van der Waals surface area (Å²) in [7, 11) is -3.72. The van der Waals surface area contributed by atoms with Gasteiger partial charge in [0.2, 0.25) is 0 Å². The molecule has 0 radical (unpaired) electrons. The quantitative estimate of drug-likeness (QED) is 0.647. The van der Waals surface area contributed by atoms with Crippen LogP contribution in [0.2, 0.25) is 0 Å². The van der Waals surface area contributed by atoms with Gasteiger partial charge < -0.3 is 19.5 Å². The SMILES string of the molecule is CC(N=C1NS(=O)(=O)c2ccccc21)C(=O)OC(C)C(=O)Nc1ccc2c(c1)OCCO2. The summed E-state index contributed by atoms with van der Waals surface area (Å²) in [4.78, 5) is 29.1. The van der Waals surface area contributed by atoms with Crippen molar-refractivity contribution in [3.05, 3.63) is 48.0 Å². The van der Waals surface area contributed by atoms with Crippen molar-refractivity contribution in [3.8, 4) is 11.5 Å². The van der Waals surface area contributed by atoms with Crippen LogP contribution < -0.4 is 19.5 Å². The topological polar surface area (TPSA) is 132 Å². The van der Waals surface area contributed by atoms with Crippen molar-refractivity contribution in [1.29, 1.82) is 0 Å². The zero-order chi connectivity index (χ0) is 22.9. The Morgan fingerprint density at radius 2 is 1.81 bits per heavy atom. The molecule has 0 bridgehead atoms. The van der Waals surface area contributed by atoms with Crippen LogP contribution in [0.1, 0.15) is 19.4 Å². The van der Waals surface area contributed by atoms with E-state index in [0.717, 1.165) is 0 Å². The number of carbonyl (C=O) groups is 2. The molecule has 1 amide bonds. The highest BCUT2D eigenvalue weighted by Crippen LogP contribution is 2.32. The number of amidine groups is 1. The van der Waals surface area contributed by atoms with Crippen molar-refractivity contribution in [1.82, 2.24) is 4.72 Å². The number of hydrogen-bond donors (Lipinski definition) is 2. The third kappa shape index (κ3) is 4.37. The lowest BCUT2D eigenvalue weighted by atomic mass is 10.2. The van der Waals surface area contributed by atoms with Gasteiger partial charge in [0.15, 0.2) is 17.6 Å². The first-order chi connectivity index (χ1) is 15.2. The number of anilines is 1. The van der Waals surface area contributed by atoms with Crippen molar-refractivity contribution < 1.29 is 32.2 Å². The van der Waals surface area contributed by atoms with E-state index in [1.165, 1.54) is 19.9 Å². The Balaban J connectivity index is 1.39. The maximum Gasteiger partial charge on any atom is 0.331 e. The molecule has 0 aromatic heterocycles. The molecule has 2 atom stereocenters. The number of nitrogens with zero attached hydrogens (tertiary/aromatic N) is 1. The average molecular weight is 459 g/mol. The molecule has 32 heavy (non-hydrogen) atoms. The average Bonchev–Trinajstić information content (AvgIpc) is 3.03. The highest BCUT2D eigenvalue weighted by molar-refractivity contribution is 7.90. The Kier molecular flexibility index (Phi) is 5.74. The first-order valence-electron chi connectivity index (χ1n) is 9.85. The van der Waals surface area contributed by atoms with Gasteiger partial charge in [0, 0.05) is 17.3 Å². The summed E-state index contributed by atoms with van der Waals surface area (Å²) in [6, 6.07) is 10.2. The number of aliphatic imine (C=N–C) groups is 1. The number of esters is 1. The van der Waals surface area contributed by atoms with Gasteiger partial charge in [-0.25, -0.2) is 13.2 Å². The molecule has 0 saturated carbocycles. The fourth-order valence-electron chi connectivity index (χ4n) is 3.17. The molecular weight excluding hydrogens is 438 g/mol. The third-order valence-electron chi connectivity index (χ3n) is 4.80. The van der Waals surface area contributed by atoms with Gasteiger partial charge in [0.05, 0.1) is 4.90 Å². The number of carbonyl (C=O) groups excluding carboxylic acids is 2. The maximum absolute atomic E-state index is 12.4. The van der Waals surface area contributed by atoms with Crippen molar-refractivity contribution >= 4 is 33.4 Å². The summed E-state index contributed by atoms with van der Waals surface area (Å²) >= 11 is 0. The van der Waals surface area contributed by atoms with E-state index in [0.29, 0.717) is 36.0 Å². The van der Waals surface area contributed by atoms with Crippen molar-refractivity contribution in [2.45, 2.75) is 30.9 Å². The van der Waals surface area contributed by atoms with E-state index in [9.17, 15) is 18.0 Å². The van der Waals surface area contributed by atoms with E-state index in [1.54, 1.807) is 36.4 Å². The van der Waals surface area contributed by atoms with Crippen LogP contribution in [0.5, 0.6) is 11.5 Å². The fourth-order valence-corrected chi connectivity index (χ4v) is 4.41. The Bertz CT molecular complexity index is 1210. The zero-order valence-electron chi connectivity index (χ0n) is 17.3. The van der Waals surface area contributed by atoms with Gasteiger partial charge >= 0.3 is 5.97 Å². The van der Waals surface area contributed by atoms with E-state index >= 15 is 0 Å². The number of benzene rings is 2. The van der Waals surface area contributed by atoms with Gasteiger partial charge in [0.25, 0.3) is 15.9 Å². The van der Waals surface area contributed by atoms with Crippen LogP contribution in [0.15, 0.2) is 52.4 Å². The first-order valence-corrected chi connectivity index (χ1v) is 11.3. The Labute approximate surface area is 184 Å². The summed E-state index contributed by atoms with van der Waals surface area (Å²) in [6.07, 6.45) is -1.11. The minimum absolute atomic E-state index is 0.0541. The van der Waals surface area contributed by atoms with Crippen LogP contribution >= 0.6 is 0 Å². The van der Waals surface area contributed by atoms with Gasteiger partial charge in [-0.3, -0.25) is 14.5 Å². The summed E-state index contributed by atoms with van der Waals surface area (Å²) < 4.78 is 42.8. The summed E-state index contributed by atoms with van der Waals surface area (Å²) in [5.41, 5.74) is 0.837. The molecule has 2 N–H and O–H groups in total. The molecule has 2 heterocycles. The lowest BCUT2D eigenvalue weighted by molar-refractivity contribution is -0.153. The Morgan fingerprint density at radius 1 is 1.09 bits per heavy atom. The van der Waals surface area contributed by atoms with Crippen LogP contribution in [0, 0.1) is 0 Å². The lowest BCUT2D eigenvalue weighted by Crippen LogP contribution is -2.34. The third-order valence-corrected chi connectivity index (χ3v) is 6.20. The van der Waals surface area contributed by atoms with E-state index in [1.807, 2.05) is 0 Å². The summed E-state index contributed by atoms with van der Waals surface area (Å²) in [6.45, 7) is 3.76.